The van der Waals surface area contributed by atoms with Crippen molar-refractivity contribution in [3.8, 4) is 0 Å². The van der Waals surface area contributed by atoms with E-state index in [1.165, 1.54) is 11.3 Å². The molecule has 0 spiro atoms. The minimum Gasteiger partial charge on any atom is -0.462 e. The van der Waals surface area contributed by atoms with Crippen LogP contribution in [-0.4, -0.2) is 31.1 Å². The molecule has 0 aromatic carbocycles. The van der Waals surface area contributed by atoms with Crippen molar-refractivity contribution in [2.24, 2.45) is 0 Å². The van der Waals surface area contributed by atoms with Crippen molar-refractivity contribution in [3.63, 3.8) is 0 Å². The lowest BCUT2D eigenvalue weighted by Crippen LogP contribution is -2.35. The van der Waals surface area contributed by atoms with Gasteiger partial charge in [-0.2, -0.15) is 0 Å². The molecule has 1 aliphatic heterocycles. The first-order chi connectivity index (χ1) is 9.54. The summed E-state index contributed by atoms with van der Waals surface area (Å²) in [6.07, 6.45) is 1.84. The van der Waals surface area contributed by atoms with Crippen LogP contribution in [0.5, 0.6) is 0 Å². The van der Waals surface area contributed by atoms with E-state index in [4.69, 9.17) is 4.74 Å². The summed E-state index contributed by atoms with van der Waals surface area (Å²) in [4.78, 5) is 25.2. The molecule has 110 valence electrons. The Hall–Kier alpha value is -1.40. The van der Waals surface area contributed by atoms with Crippen LogP contribution < -0.4 is 10.6 Å². The Morgan fingerprint density at radius 2 is 2.20 bits per heavy atom. The van der Waals surface area contributed by atoms with Gasteiger partial charge in [-0.15, -0.1) is 11.3 Å². The molecule has 1 saturated heterocycles. The Kier molecular flexibility index (Phi) is 4.77. The highest BCUT2D eigenvalue weighted by molar-refractivity contribution is 7.16. The molecule has 5 nitrogen and oxygen atoms in total. The molecule has 2 N–H and O–H groups in total. The second-order valence-corrected chi connectivity index (χ2v) is 6.07. The van der Waals surface area contributed by atoms with Gasteiger partial charge in [0.1, 0.15) is 5.00 Å². The number of amides is 1. The molecule has 6 heteroatoms. The van der Waals surface area contributed by atoms with E-state index in [0.29, 0.717) is 17.2 Å². The molecule has 0 saturated carbocycles. The van der Waals surface area contributed by atoms with Crippen molar-refractivity contribution >= 4 is 28.2 Å². The number of rotatable bonds is 4. The maximum Gasteiger partial charge on any atom is 0.341 e. The van der Waals surface area contributed by atoms with Crippen LogP contribution in [0.3, 0.4) is 0 Å². The lowest BCUT2D eigenvalue weighted by atomic mass is 10.1. The van der Waals surface area contributed by atoms with E-state index in [2.05, 4.69) is 10.6 Å². The number of thiophene rings is 1. The zero-order valence-electron chi connectivity index (χ0n) is 12.0. The molecule has 2 heterocycles. The number of carbonyl (C=O) groups excluding carboxylic acids is 2. The zero-order chi connectivity index (χ0) is 14.7. The van der Waals surface area contributed by atoms with Gasteiger partial charge in [0.15, 0.2) is 0 Å². The average molecular weight is 296 g/mol. The van der Waals surface area contributed by atoms with E-state index in [1.54, 1.807) is 6.92 Å². The van der Waals surface area contributed by atoms with E-state index >= 15 is 0 Å². The monoisotopic (exact) mass is 296 g/mol. The van der Waals surface area contributed by atoms with Crippen molar-refractivity contribution < 1.29 is 14.3 Å². The smallest absolute Gasteiger partial charge is 0.341 e. The van der Waals surface area contributed by atoms with Gasteiger partial charge in [-0.05, 0) is 45.7 Å². The summed E-state index contributed by atoms with van der Waals surface area (Å²) in [6, 6.07) is -0.159. The van der Waals surface area contributed by atoms with Crippen molar-refractivity contribution in [2.45, 2.75) is 39.7 Å². The van der Waals surface area contributed by atoms with Crippen LogP contribution in [0, 0.1) is 13.8 Å². The van der Waals surface area contributed by atoms with Crippen LogP contribution in [0.2, 0.25) is 0 Å². The van der Waals surface area contributed by atoms with Crippen LogP contribution in [0.25, 0.3) is 0 Å². The number of nitrogens with one attached hydrogen (secondary N) is 2. The molecular weight excluding hydrogens is 276 g/mol. The third-order valence-electron chi connectivity index (χ3n) is 3.48. The van der Waals surface area contributed by atoms with E-state index in [9.17, 15) is 9.59 Å². The number of hydrogen-bond acceptors (Lipinski definition) is 5. The summed E-state index contributed by atoms with van der Waals surface area (Å²) in [6.45, 7) is 6.77. The highest BCUT2D eigenvalue weighted by atomic mass is 32.1. The third kappa shape index (κ3) is 3.02. The summed E-state index contributed by atoms with van der Waals surface area (Å²) < 4.78 is 5.07. The summed E-state index contributed by atoms with van der Waals surface area (Å²) in [7, 11) is 0. The van der Waals surface area contributed by atoms with E-state index in [0.717, 1.165) is 29.8 Å². The molecule has 1 atom stereocenters. The van der Waals surface area contributed by atoms with Crippen LogP contribution in [-0.2, 0) is 9.53 Å². The van der Waals surface area contributed by atoms with Gasteiger partial charge in [-0.1, -0.05) is 0 Å². The van der Waals surface area contributed by atoms with E-state index in [1.807, 2.05) is 13.8 Å². The Morgan fingerprint density at radius 1 is 1.45 bits per heavy atom. The number of aryl methyl sites for hydroxylation is 1. The molecule has 1 aromatic heterocycles. The maximum absolute atomic E-state index is 12.1. The predicted octanol–water partition coefficient (Wildman–Crippen LogP) is 2.23. The van der Waals surface area contributed by atoms with Crippen LogP contribution in [0.4, 0.5) is 5.00 Å². The van der Waals surface area contributed by atoms with E-state index < -0.39 is 0 Å². The zero-order valence-corrected chi connectivity index (χ0v) is 12.9. The first-order valence-electron chi connectivity index (χ1n) is 6.86. The van der Waals surface area contributed by atoms with Gasteiger partial charge >= 0.3 is 5.97 Å². The first-order valence-corrected chi connectivity index (χ1v) is 7.67. The van der Waals surface area contributed by atoms with Crippen molar-refractivity contribution in [3.05, 3.63) is 16.0 Å². The standard InChI is InChI=1S/C14H20N2O3S/c1-4-19-14(18)11-8(2)9(3)20-13(11)16-12(17)10-6-5-7-15-10/h10,15H,4-7H2,1-3H3,(H,16,17). The highest BCUT2D eigenvalue weighted by Crippen LogP contribution is 2.33. The second kappa shape index (κ2) is 6.37. The van der Waals surface area contributed by atoms with Crippen LogP contribution >= 0.6 is 11.3 Å². The van der Waals surface area contributed by atoms with Crippen LogP contribution in [0.1, 0.15) is 40.6 Å². The molecule has 1 amide bonds. The Bertz CT molecular complexity index is 519. The van der Waals surface area contributed by atoms with E-state index in [-0.39, 0.29) is 17.9 Å². The van der Waals surface area contributed by atoms with Gasteiger partial charge in [0.2, 0.25) is 5.91 Å². The topological polar surface area (TPSA) is 67.4 Å². The normalized spacial score (nSPS) is 18.1. The fourth-order valence-corrected chi connectivity index (χ4v) is 3.32. The number of anilines is 1. The van der Waals surface area contributed by atoms with Gasteiger partial charge in [0, 0.05) is 4.88 Å². The Morgan fingerprint density at radius 3 is 2.80 bits per heavy atom. The molecule has 0 radical (unpaired) electrons. The van der Waals surface area contributed by atoms with Gasteiger partial charge in [0.25, 0.3) is 0 Å². The number of hydrogen-bond donors (Lipinski definition) is 2. The predicted molar refractivity (Wildman–Crippen MR) is 79.4 cm³/mol. The minimum atomic E-state index is -0.371. The van der Waals surface area contributed by atoms with Gasteiger partial charge in [-0.3, -0.25) is 4.79 Å². The third-order valence-corrected chi connectivity index (χ3v) is 4.60. The van der Waals surface area contributed by atoms with Gasteiger partial charge in [-0.25, -0.2) is 4.79 Å². The second-order valence-electron chi connectivity index (χ2n) is 4.85. The molecule has 1 unspecified atom stereocenters. The maximum atomic E-state index is 12.1. The fraction of sp³-hybridized carbons (Fsp3) is 0.571. The van der Waals surface area contributed by atoms with Crippen molar-refractivity contribution in [2.75, 3.05) is 18.5 Å². The molecule has 2 rings (SSSR count). The van der Waals surface area contributed by atoms with Crippen molar-refractivity contribution in [1.82, 2.24) is 5.32 Å². The summed E-state index contributed by atoms with van der Waals surface area (Å²) in [5.41, 5.74) is 1.36. The molecular formula is C14H20N2O3S. The lowest BCUT2D eigenvalue weighted by Gasteiger charge is -2.11. The number of ether oxygens (including phenoxy) is 1. The van der Waals surface area contributed by atoms with Gasteiger partial charge in [0.05, 0.1) is 18.2 Å². The molecule has 1 aliphatic rings. The molecule has 0 bridgehead atoms. The summed E-state index contributed by atoms with van der Waals surface area (Å²) in [5, 5.41) is 6.61. The van der Waals surface area contributed by atoms with Gasteiger partial charge < -0.3 is 15.4 Å². The largest absolute Gasteiger partial charge is 0.462 e. The molecule has 20 heavy (non-hydrogen) atoms. The minimum absolute atomic E-state index is 0.0747. The first kappa shape index (κ1) is 15.0. The SMILES string of the molecule is CCOC(=O)c1c(NC(=O)C2CCCN2)sc(C)c1C. The average Bonchev–Trinajstić information content (AvgIpc) is 3.00. The molecule has 0 aliphatic carbocycles. The quantitative estimate of drug-likeness (QED) is 0.836. The van der Waals surface area contributed by atoms with Crippen molar-refractivity contribution in [1.29, 1.82) is 0 Å². The number of esters is 1. The Labute approximate surface area is 122 Å². The summed E-state index contributed by atoms with van der Waals surface area (Å²) in [5.74, 6) is -0.446. The lowest BCUT2D eigenvalue weighted by molar-refractivity contribution is -0.117. The molecule has 1 fully saturated rings. The highest BCUT2D eigenvalue weighted by Gasteiger charge is 2.26. The Balaban J connectivity index is 2.20. The summed E-state index contributed by atoms with van der Waals surface area (Å²) >= 11 is 1.42. The fourth-order valence-electron chi connectivity index (χ4n) is 2.27. The number of carbonyl (C=O) groups is 2. The van der Waals surface area contributed by atoms with Crippen LogP contribution in [0.15, 0.2) is 0 Å². The molecule has 1 aromatic rings.